The Labute approximate surface area is 88.6 Å². The van der Waals surface area contributed by atoms with Crippen LogP contribution in [0.2, 0.25) is 0 Å². The molecule has 0 aromatic carbocycles. The van der Waals surface area contributed by atoms with Crippen LogP contribution >= 0.6 is 0 Å². The first-order chi connectivity index (χ1) is 6.86. The molecule has 14 heavy (non-hydrogen) atoms. The molecule has 0 heterocycles. The summed E-state index contributed by atoms with van der Waals surface area (Å²) < 4.78 is 0. The molecule has 0 aromatic heterocycles. The molecule has 2 heteroatoms. The van der Waals surface area contributed by atoms with Gasteiger partial charge in [-0.2, -0.15) is 0 Å². The van der Waals surface area contributed by atoms with E-state index in [1.165, 1.54) is 51.6 Å². The lowest BCUT2D eigenvalue weighted by Crippen LogP contribution is -2.19. The summed E-state index contributed by atoms with van der Waals surface area (Å²) >= 11 is 0. The van der Waals surface area contributed by atoms with Gasteiger partial charge >= 0.3 is 0 Å². The third-order valence-electron chi connectivity index (χ3n) is 3.25. The number of hydrogen-bond donors (Lipinski definition) is 2. The summed E-state index contributed by atoms with van der Waals surface area (Å²) in [6, 6.07) is 0. The fourth-order valence-electron chi connectivity index (χ4n) is 1.93. The zero-order chi connectivity index (χ0) is 10.2. The molecule has 1 atom stereocenters. The molecule has 3 N–H and O–H groups in total. The average molecular weight is 198 g/mol. The molecule has 1 fully saturated rings. The maximum Gasteiger partial charge on any atom is -0.00205 e. The van der Waals surface area contributed by atoms with Gasteiger partial charge in [-0.3, -0.25) is 0 Å². The molecule has 1 saturated carbocycles. The largest absolute Gasteiger partial charge is 0.330 e. The highest BCUT2D eigenvalue weighted by molar-refractivity contribution is 4.75. The molecular weight excluding hydrogens is 172 g/mol. The fraction of sp³-hybridized carbons (Fsp3) is 1.00. The molecule has 0 aliphatic heterocycles. The van der Waals surface area contributed by atoms with Crippen molar-refractivity contribution in [3.63, 3.8) is 0 Å². The zero-order valence-electron chi connectivity index (χ0n) is 9.60. The molecule has 0 saturated heterocycles. The van der Waals surface area contributed by atoms with Crippen molar-refractivity contribution in [3.8, 4) is 0 Å². The van der Waals surface area contributed by atoms with E-state index >= 15 is 0 Å². The van der Waals surface area contributed by atoms with Crippen LogP contribution in [0.3, 0.4) is 0 Å². The van der Waals surface area contributed by atoms with Gasteiger partial charge in [-0.1, -0.05) is 13.3 Å². The first-order valence-corrected chi connectivity index (χ1v) is 6.27. The lowest BCUT2D eigenvalue weighted by atomic mass is 9.97. The van der Waals surface area contributed by atoms with Crippen LogP contribution in [0.5, 0.6) is 0 Å². The van der Waals surface area contributed by atoms with Crippen LogP contribution in [-0.4, -0.2) is 19.6 Å². The van der Waals surface area contributed by atoms with Gasteiger partial charge in [0.25, 0.3) is 0 Å². The third-order valence-corrected chi connectivity index (χ3v) is 3.25. The fourth-order valence-corrected chi connectivity index (χ4v) is 1.93. The van der Waals surface area contributed by atoms with Gasteiger partial charge in [0.15, 0.2) is 0 Å². The maximum atomic E-state index is 5.57. The monoisotopic (exact) mass is 198 g/mol. The highest BCUT2D eigenvalue weighted by Crippen LogP contribution is 2.27. The average Bonchev–Trinajstić information content (AvgIpc) is 2.99. The van der Waals surface area contributed by atoms with Crippen LogP contribution in [0.25, 0.3) is 0 Å². The molecule has 0 aromatic rings. The summed E-state index contributed by atoms with van der Waals surface area (Å²) in [7, 11) is 0. The highest BCUT2D eigenvalue weighted by Gasteiger charge is 2.19. The number of nitrogens with two attached hydrogens (primary N) is 1. The van der Waals surface area contributed by atoms with Gasteiger partial charge in [0.2, 0.25) is 0 Å². The summed E-state index contributed by atoms with van der Waals surface area (Å²) in [5.41, 5.74) is 5.57. The molecule has 2 nitrogen and oxygen atoms in total. The van der Waals surface area contributed by atoms with Gasteiger partial charge in [0.05, 0.1) is 0 Å². The second-order valence-corrected chi connectivity index (χ2v) is 4.64. The topological polar surface area (TPSA) is 38.0 Å². The minimum absolute atomic E-state index is 0.855. The second kappa shape index (κ2) is 7.24. The normalized spacial score (nSPS) is 18.4. The minimum atomic E-state index is 0.855. The number of nitrogens with one attached hydrogen (secondary N) is 1. The molecule has 0 bridgehead atoms. The highest BCUT2D eigenvalue weighted by atomic mass is 14.9. The van der Waals surface area contributed by atoms with Crippen LogP contribution in [0.1, 0.15) is 45.4 Å². The van der Waals surface area contributed by atoms with Crippen molar-refractivity contribution >= 4 is 0 Å². The Morgan fingerprint density at radius 3 is 2.71 bits per heavy atom. The quantitative estimate of drug-likeness (QED) is 0.557. The SMILES string of the molecule is CCC(CCN)CCCNCC1CC1. The molecule has 0 amide bonds. The third kappa shape index (κ3) is 5.61. The lowest BCUT2D eigenvalue weighted by Gasteiger charge is -2.13. The number of hydrogen-bond acceptors (Lipinski definition) is 2. The van der Waals surface area contributed by atoms with Gasteiger partial charge in [-0.05, 0) is 63.6 Å². The van der Waals surface area contributed by atoms with Crippen molar-refractivity contribution < 1.29 is 0 Å². The zero-order valence-corrected chi connectivity index (χ0v) is 9.60. The van der Waals surface area contributed by atoms with E-state index in [-0.39, 0.29) is 0 Å². The van der Waals surface area contributed by atoms with Gasteiger partial charge in [0.1, 0.15) is 0 Å². The Kier molecular flexibility index (Phi) is 6.20. The van der Waals surface area contributed by atoms with E-state index < -0.39 is 0 Å². The molecule has 1 aliphatic rings. The molecule has 0 spiro atoms. The van der Waals surface area contributed by atoms with Crippen LogP contribution in [0.15, 0.2) is 0 Å². The molecule has 84 valence electrons. The summed E-state index contributed by atoms with van der Waals surface area (Å²) in [6.07, 6.45) is 8.09. The lowest BCUT2D eigenvalue weighted by molar-refractivity contribution is 0.421. The van der Waals surface area contributed by atoms with E-state index in [2.05, 4.69) is 12.2 Å². The van der Waals surface area contributed by atoms with E-state index in [0.717, 1.165) is 18.4 Å². The van der Waals surface area contributed by atoms with E-state index in [4.69, 9.17) is 5.73 Å². The smallest absolute Gasteiger partial charge is 0.00205 e. The van der Waals surface area contributed by atoms with E-state index in [0.29, 0.717) is 0 Å². The van der Waals surface area contributed by atoms with Crippen molar-refractivity contribution in [1.29, 1.82) is 0 Å². The van der Waals surface area contributed by atoms with Crippen molar-refractivity contribution in [2.75, 3.05) is 19.6 Å². The van der Waals surface area contributed by atoms with Crippen LogP contribution in [0, 0.1) is 11.8 Å². The summed E-state index contributed by atoms with van der Waals surface area (Å²) in [5, 5.41) is 3.54. The van der Waals surface area contributed by atoms with Crippen molar-refractivity contribution in [2.24, 2.45) is 17.6 Å². The Morgan fingerprint density at radius 1 is 1.36 bits per heavy atom. The maximum absolute atomic E-state index is 5.57. The molecule has 1 unspecified atom stereocenters. The molecule has 1 aliphatic carbocycles. The van der Waals surface area contributed by atoms with Crippen molar-refractivity contribution in [1.82, 2.24) is 5.32 Å². The molecule has 1 rings (SSSR count). The predicted molar refractivity (Wildman–Crippen MR) is 62.3 cm³/mol. The van der Waals surface area contributed by atoms with Gasteiger partial charge in [-0.15, -0.1) is 0 Å². The standard InChI is InChI=1S/C12H26N2/c1-2-11(7-8-13)4-3-9-14-10-12-5-6-12/h11-12,14H,2-10,13H2,1H3. The Morgan fingerprint density at radius 2 is 2.14 bits per heavy atom. The van der Waals surface area contributed by atoms with Gasteiger partial charge in [-0.25, -0.2) is 0 Å². The predicted octanol–water partition coefficient (Wildman–Crippen LogP) is 2.14. The van der Waals surface area contributed by atoms with E-state index in [1.54, 1.807) is 0 Å². The van der Waals surface area contributed by atoms with E-state index in [1.807, 2.05) is 0 Å². The van der Waals surface area contributed by atoms with Crippen LogP contribution in [-0.2, 0) is 0 Å². The van der Waals surface area contributed by atoms with Gasteiger partial charge in [0, 0.05) is 0 Å². The van der Waals surface area contributed by atoms with Crippen molar-refractivity contribution in [2.45, 2.75) is 45.4 Å². The van der Waals surface area contributed by atoms with Gasteiger partial charge < -0.3 is 11.1 Å². The number of rotatable bonds is 9. The van der Waals surface area contributed by atoms with E-state index in [9.17, 15) is 0 Å². The summed E-state index contributed by atoms with van der Waals surface area (Å²) in [4.78, 5) is 0. The minimum Gasteiger partial charge on any atom is -0.330 e. The summed E-state index contributed by atoms with van der Waals surface area (Å²) in [5.74, 6) is 1.88. The van der Waals surface area contributed by atoms with Crippen LogP contribution < -0.4 is 11.1 Å². The summed E-state index contributed by atoms with van der Waals surface area (Å²) in [6.45, 7) is 5.59. The molecular formula is C12H26N2. The Bertz CT molecular complexity index is 132. The second-order valence-electron chi connectivity index (χ2n) is 4.64. The Hall–Kier alpha value is -0.0800. The molecule has 0 radical (unpaired) electrons. The van der Waals surface area contributed by atoms with Crippen molar-refractivity contribution in [3.05, 3.63) is 0 Å². The van der Waals surface area contributed by atoms with Crippen LogP contribution in [0.4, 0.5) is 0 Å². The Balaban J connectivity index is 1.84. The first kappa shape index (κ1) is 12.0. The first-order valence-electron chi connectivity index (χ1n) is 6.27.